The second-order valence-electron chi connectivity index (χ2n) is 9.73. The van der Waals surface area contributed by atoms with Crippen LogP contribution in [0.25, 0.3) is 0 Å². The Morgan fingerprint density at radius 2 is 1.41 bits per heavy atom. The standard InChI is InChI=1S/C30H29ClN3O4P/c1-22-19-34(29(36)32-28(22)35)27-21-33(20-26(38-27)17-18-39(31)37)30(23-11-5-2-6-12-23,24-13-7-3-8-14-24)25-15-9-4-10-16-25/h2-16,19,26-27H,17-18,20-21H2,1H3/p+1/t26-,27-/m1/s1. The quantitative estimate of drug-likeness (QED) is 0.229. The zero-order chi connectivity index (χ0) is 27.4. The Bertz CT molecular complexity index is 1450. The number of hydrogen-bond donors (Lipinski definition) is 1. The fourth-order valence-corrected chi connectivity index (χ4v) is 6.32. The summed E-state index contributed by atoms with van der Waals surface area (Å²) >= 11 is 5.87. The molecule has 4 aromatic rings. The molecule has 0 bridgehead atoms. The van der Waals surface area contributed by atoms with E-state index in [0.717, 1.165) is 16.7 Å². The predicted molar refractivity (Wildman–Crippen MR) is 154 cm³/mol. The third-order valence-corrected chi connectivity index (χ3v) is 8.40. The number of halogens is 1. The summed E-state index contributed by atoms with van der Waals surface area (Å²) in [6.07, 6.45) is 1.23. The molecule has 39 heavy (non-hydrogen) atoms. The molecule has 200 valence electrons. The van der Waals surface area contributed by atoms with Crippen molar-refractivity contribution in [2.75, 3.05) is 19.3 Å². The number of aromatic nitrogens is 2. The molecule has 0 aliphatic carbocycles. The highest BCUT2D eigenvalue weighted by molar-refractivity contribution is 7.73. The SMILES string of the molecule is Cc1cn([C@H]2CN(C(c3ccccc3)(c3ccccc3)c3ccccc3)C[C@@H](CC[P+](=O)Cl)O2)c(=O)[nH]c1=O. The molecule has 1 aromatic heterocycles. The zero-order valence-electron chi connectivity index (χ0n) is 21.6. The lowest BCUT2D eigenvalue weighted by Crippen LogP contribution is -2.57. The van der Waals surface area contributed by atoms with Gasteiger partial charge in [-0.2, -0.15) is 0 Å². The summed E-state index contributed by atoms with van der Waals surface area (Å²) < 4.78 is 19.8. The van der Waals surface area contributed by atoms with Gasteiger partial charge in [0, 0.05) is 31.3 Å². The van der Waals surface area contributed by atoms with Gasteiger partial charge in [-0.25, -0.2) is 4.79 Å². The van der Waals surface area contributed by atoms with Gasteiger partial charge in [0.05, 0.1) is 11.6 Å². The maximum Gasteiger partial charge on any atom is 0.454 e. The number of morpholine rings is 1. The van der Waals surface area contributed by atoms with E-state index in [2.05, 4.69) is 46.3 Å². The van der Waals surface area contributed by atoms with Crippen molar-refractivity contribution < 1.29 is 9.30 Å². The summed E-state index contributed by atoms with van der Waals surface area (Å²) in [5, 5.41) is 0. The molecule has 5 rings (SSSR count). The molecule has 1 N–H and O–H groups in total. The van der Waals surface area contributed by atoms with Gasteiger partial charge in [0.25, 0.3) is 5.56 Å². The first-order chi connectivity index (χ1) is 18.9. The molecular formula is C30H30ClN3O4P+. The Morgan fingerprint density at radius 1 is 0.897 bits per heavy atom. The van der Waals surface area contributed by atoms with Gasteiger partial charge >= 0.3 is 12.8 Å². The van der Waals surface area contributed by atoms with Crippen molar-refractivity contribution in [2.45, 2.75) is 31.2 Å². The van der Waals surface area contributed by atoms with Crippen molar-refractivity contribution >= 4 is 18.4 Å². The van der Waals surface area contributed by atoms with E-state index in [-0.39, 0.29) is 12.3 Å². The van der Waals surface area contributed by atoms with Crippen LogP contribution in [0, 0.1) is 6.92 Å². The van der Waals surface area contributed by atoms with E-state index in [4.69, 9.17) is 16.0 Å². The van der Waals surface area contributed by atoms with Gasteiger partial charge in [-0.05, 0) is 23.6 Å². The molecule has 1 unspecified atom stereocenters. The summed E-state index contributed by atoms with van der Waals surface area (Å²) in [7, 11) is -1.88. The highest BCUT2D eigenvalue weighted by Gasteiger charge is 2.46. The molecular weight excluding hydrogens is 533 g/mol. The van der Waals surface area contributed by atoms with Crippen LogP contribution in [0.2, 0.25) is 0 Å². The predicted octanol–water partition coefficient (Wildman–Crippen LogP) is 5.41. The molecule has 0 amide bonds. The summed E-state index contributed by atoms with van der Waals surface area (Å²) in [6.45, 7) is 2.52. The average Bonchev–Trinajstić information content (AvgIpc) is 2.96. The van der Waals surface area contributed by atoms with Crippen molar-refractivity contribution in [1.29, 1.82) is 0 Å². The minimum atomic E-state index is -1.88. The zero-order valence-corrected chi connectivity index (χ0v) is 23.2. The van der Waals surface area contributed by atoms with E-state index in [1.54, 1.807) is 13.1 Å². The van der Waals surface area contributed by atoms with Crippen LogP contribution < -0.4 is 11.2 Å². The van der Waals surface area contributed by atoms with Crippen LogP contribution in [0.1, 0.15) is 34.9 Å². The van der Waals surface area contributed by atoms with Gasteiger partial charge in [-0.1, -0.05) is 95.6 Å². The Balaban J connectivity index is 1.73. The smallest absolute Gasteiger partial charge is 0.352 e. The van der Waals surface area contributed by atoms with Crippen molar-refractivity contribution in [1.82, 2.24) is 14.5 Å². The first-order valence-corrected chi connectivity index (χ1v) is 15.2. The van der Waals surface area contributed by atoms with E-state index < -0.39 is 30.2 Å². The van der Waals surface area contributed by atoms with E-state index in [9.17, 15) is 14.2 Å². The highest BCUT2D eigenvalue weighted by atomic mass is 35.7. The van der Waals surface area contributed by atoms with Crippen LogP contribution in [0.15, 0.2) is 107 Å². The number of H-pyrrole nitrogens is 1. The third-order valence-electron chi connectivity index (χ3n) is 7.28. The Morgan fingerprint density at radius 3 is 1.90 bits per heavy atom. The van der Waals surface area contributed by atoms with Crippen LogP contribution in [-0.2, 0) is 14.8 Å². The van der Waals surface area contributed by atoms with Crippen molar-refractivity contribution in [3.8, 4) is 0 Å². The van der Waals surface area contributed by atoms with Crippen LogP contribution in [0.3, 0.4) is 0 Å². The molecule has 7 nitrogen and oxygen atoms in total. The number of ether oxygens (including phenoxy) is 1. The van der Waals surface area contributed by atoms with Crippen LogP contribution in [0.4, 0.5) is 0 Å². The normalized spacial score (nSPS) is 18.6. The van der Waals surface area contributed by atoms with Crippen molar-refractivity contribution in [3.63, 3.8) is 0 Å². The van der Waals surface area contributed by atoms with Gasteiger partial charge < -0.3 is 4.74 Å². The second-order valence-corrected chi connectivity index (χ2v) is 11.9. The van der Waals surface area contributed by atoms with Crippen molar-refractivity contribution in [2.24, 2.45) is 0 Å². The summed E-state index contributed by atoms with van der Waals surface area (Å²) in [5.41, 5.74) is 1.92. The minimum Gasteiger partial charge on any atom is -0.352 e. The lowest BCUT2D eigenvalue weighted by molar-refractivity contribution is -0.139. The summed E-state index contributed by atoms with van der Waals surface area (Å²) in [5.74, 6) is 0. The monoisotopic (exact) mass is 562 g/mol. The highest BCUT2D eigenvalue weighted by Crippen LogP contribution is 2.45. The van der Waals surface area contributed by atoms with Crippen molar-refractivity contribution in [3.05, 3.63) is 140 Å². The van der Waals surface area contributed by atoms with Gasteiger partial charge in [0.15, 0.2) is 12.4 Å². The van der Waals surface area contributed by atoms with Gasteiger partial charge in [0.1, 0.15) is 0 Å². The van der Waals surface area contributed by atoms with Crippen LogP contribution in [-0.4, -0.2) is 39.8 Å². The Kier molecular flexibility index (Phi) is 8.24. The van der Waals surface area contributed by atoms with Crippen LogP contribution in [0.5, 0.6) is 0 Å². The van der Waals surface area contributed by atoms with E-state index in [1.165, 1.54) is 4.57 Å². The number of benzene rings is 3. The minimum absolute atomic E-state index is 0.288. The van der Waals surface area contributed by atoms with E-state index >= 15 is 0 Å². The summed E-state index contributed by atoms with van der Waals surface area (Å²) in [4.78, 5) is 29.8. The Hall–Kier alpha value is -3.35. The number of hydrogen-bond acceptors (Lipinski definition) is 5. The topological polar surface area (TPSA) is 84.4 Å². The van der Waals surface area contributed by atoms with Gasteiger partial charge in [-0.3, -0.25) is 19.2 Å². The average molecular weight is 563 g/mol. The fraction of sp³-hybridized carbons (Fsp3) is 0.267. The molecule has 3 aromatic carbocycles. The lowest BCUT2D eigenvalue weighted by atomic mass is 9.75. The van der Waals surface area contributed by atoms with E-state index in [0.29, 0.717) is 25.1 Å². The molecule has 2 heterocycles. The number of aromatic amines is 1. The Labute approximate surface area is 232 Å². The maximum atomic E-state index is 13.0. The van der Waals surface area contributed by atoms with Crippen LogP contribution >= 0.6 is 18.4 Å². The first kappa shape index (κ1) is 27.2. The largest absolute Gasteiger partial charge is 0.454 e. The van der Waals surface area contributed by atoms with Gasteiger partial charge in [-0.15, -0.1) is 0 Å². The van der Waals surface area contributed by atoms with Gasteiger partial charge in [0.2, 0.25) is 11.2 Å². The molecule has 1 saturated heterocycles. The molecule has 0 spiro atoms. The molecule has 3 atom stereocenters. The fourth-order valence-electron chi connectivity index (χ4n) is 5.54. The number of aryl methyl sites for hydroxylation is 1. The molecule has 0 radical (unpaired) electrons. The third kappa shape index (κ3) is 5.54. The molecule has 1 fully saturated rings. The molecule has 0 saturated carbocycles. The molecule has 1 aliphatic heterocycles. The molecule has 9 heteroatoms. The van der Waals surface area contributed by atoms with E-state index in [1.807, 2.05) is 54.6 Å². The lowest BCUT2D eigenvalue weighted by Gasteiger charge is -2.50. The first-order valence-electron chi connectivity index (χ1n) is 12.9. The number of rotatable bonds is 8. The maximum absolute atomic E-state index is 13.0. The summed E-state index contributed by atoms with van der Waals surface area (Å²) in [6, 6.07) is 30.8. The second kappa shape index (κ2) is 11.8. The molecule has 1 aliphatic rings. The number of nitrogens with zero attached hydrogens (tertiary/aromatic N) is 2. The number of nitrogens with one attached hydrogen (secondary N) is 1.